The Morgan fingerprint density at radius 1 is 1.09 bits per heavy atom. The number of piperidine rings is 1. The molecule has 3 aliphatic heterocycles. The summed E-state index contributed by atoms with van der Waals surface area (Å²) in [5.41, 5.74) is 3.25. The molecule has 1 fully saturated rings. The highest BCUT2D eigenvalue weighted by Gasteiger charge is 2.30. The fourth-order valence-corrected chi connectivity index (χ4v) is 5.44. The van der Waals surface area contributed by atoms with Crippen LogP contribution >= 0.6 is 0 Å². The van der Waals surface area contributed by atoms with E-state index in [2.05, 4.69) is 41.1 Å². The summed E-state index contributed by atoms with van der Waals surface area (Å²) in [5.74, 6) is 1.22. The molecule has 1 amide bonds. The van der Waals surface area contributed by atoms with Gasteiger partial charge >= 0.3 is 0 Å². The number of amides is 1. The molecule has 1 saturated heterocycles. The number of aliphatic hydroxyl groups excluding tert-OH is 1. The molecule has 0 aromatic heterocycles. The summed E-state index contributed by atoms with van der Waals surface area (Å²) in [5, 5.41) is 10.9. The Kier molecular flexibility index (Phi) is 7.27. The van der Waals surface area contributed by atoms with Crippen LogP contribution in [0.25, 0.3) is 0 Å². The number of β-amino-alcohol motifs (C(OH)–C–C–N with tert-alkyl or cyclic N) is 1. The summed E-state index contributed by atoms with van der Waals surface area (Å²) in [6, 6.07) is 14.0. The number of hydrogen-bond donors (Lipinski definition) is 1. The topological polar surface area (TPSA) is 65.5 Å². The van der Waals surface area contributed by atoms with Crippen LogP contribution in [-0.2, 0) is 13.0 Å². The van der Waals surface area contributed by atoms with Gasteiger partial charge in [0.1, 0.15) is 23.7 Å². The summed E-state index contributed by atoms with van der Waals surface area (Å²) in [4.78, 5) is 19.7. The maximum Gasteiger partial charge on any atom is 0.257 e. The van der Waals surface area contributed by atoms with E-state index in [4.69, 9.17) is 9.47 Å². The van der Waals surface area contributed by atoms with E-state index >= 15 is 0 Å². The van der Waals surface area contributed by atoms with Gasteiger partial charge in [0.25, 0.3) is 5.91 Å². The van der Waals surface area contributed by atoms with Crippen molar-refractivity contribution in [1.29, 1.82) is 0 Å². The molecule has 2 aromatic rings. The normalized spacial score (nSPS) is 22.7. The molecule has 7 heteroatoms. The Bertz CT molecular complexity index is 1040. The van der Waals surface area contributed by atoms with Crippen LogP contribution in [0, 0.1) is 0 Å². The molecule has 3 aliphatic rings. The minimum atomic E-state index is -0.620. The number of ether oxygens (including phenoxy) is 2. The summed E-state index contributed by atoms with van der Waals surface area (Å²) in [7, 11) is 2.13. The van der Waals surface area contributed by atoms with E-state index in [-0.39, 0.29) is 24.7 Å². The monoisotopic (exact) mass is 479 g/mol. The first-order valence-electron chi connectivity index (χ1n) is 12.9. The molecule has 7 nitrogen and oxygen atoms in total. The van der Waals surface area contributed by atoms with Crippen LogP contribution in [0.1, 0.15) is 41.3 Å². The molecule has 2 atom stereocenters. The number of likely N-dealkylation sites (tertiary alicyclic amines) is 1. The van der Waals surface area contributed by atoms with Crippen LogP contribution in [-0.4, -0.2) is 90.3 Å². The number of benzene rings is 2. The van der Waals surface area contributed by atoms with E-state index in [0.29, 0.717) is 24.4 Å². The van der Waals surface area contributed by atoms with Gasteiger partial charge in [0.15, 0.2) is 0 Å². The van der Waals surface area contributed by atoms with Crippen molar-refractivity contribution in [3.63, 3.8) is 0 Å². The third-order valence-corrected chi connectivity index (χ3v) is 7.35. The Hall–Kier alpha value is -2.61. The second-order valence-corrected chi connectivity index (χ2v) is 10.3. The van der Waals surface area contributed by atoms with Crippen molar-refractivity contribution < 1.29 is 19.4 Å². The van der Waals surface area contributed by atoms with E-state index in [1.807, 2.05) is 19.1 Å². The van der Waals surface area contributed by atoms with Gasteiger partial charge < -0.3 is 24.4 Å². The minimum Gasteiger partial charge on any atom is -0.490 e. The third kappa shape index (κ3) is 5.80. The predicted molar refractivity (Wildman–Crippen MR) is 135 cm³/mol. The van der Waals surface area contributed by atoms with Crippen molar-refractivity contribution in [2.75, 3.05) is 46.3 Å². The van der Waals surface area contributed by atoms with E-state index in [1.165, 1.54) is 11.1 Å². The molecule has 2 aromatic carbocycles. The lowest BCUT2D eigenvalue weighted by Crippen LogP contribution is -2.45. The molecule has 3 heterocycles. The Labute approximate surface area is 208 Å². The zero-order chi connectivity index (χ0) is 24.4. The van der Waals surface area contributed by atoms with Gasteiger partial charge in [0.05, 0.1) is 18.2 Å². The number of rotatable bonds is 6. The molecule has 5 rings (SSSR count). The van der Waals surface area contributed by atoms with Crippen molar-refractivity contribution >= 4 is 5.91 Å². The summed E-state index contributed by atoms with van der Waals surface area (Å²) in [6.45, 7) is 7.06. The molecule has 0 bridgehead atoms. The average Bonchev–Trinajstić information content (AvgIpc) is 2.95. The molecule has 0 aliphatic carbocycles. The Balaban J connectivity index is 1.21. The van der Waals surface area contributed by atoms with Crippen LogP contribution in [0.4, 0.5) is 0 Å². The second kappa shape index (κ2) is 10.6. The highest BCUT2D eigenvalue weighted by atomic mass is 16.5. The lowest BCUT2D eigenvalue weighted by Gasteiger charge is -2.32. The van der Waals surface area contributed by atoms with E-state index in [0.717, 1.165) is 51.2 Å². The summed E-state index contributed by atoms with van der Waals surface area (Å²) in [6.07, 6.45) is 2.39. The van der Waals surface area contributed by atoms with Gasteiger partial charge in [-0.2, -0.15) is 0 Å². The van der Waals surface area contributed by atoms with Crippen LogP contribution in [0.5, 0.6) is 11.5 Å². The first kappa shape index (κ1) is 24.1. The third-order valence-electron chi connectivity index (χ3n) is 7.35. The standard InChI is InChI=1S/C28H37N3O4/c1-20-16-31(19-23(32)18-30-14-9-21-5-3-4-6-22(21)17-30)28(33)26-8-7-25(15-27(26)34-20)35-24-10-12-29(2)13-11-24/h3-8,15,20,23-24,32H,9-14,16-19H2,1-2H3/t20-,23?/m1/s1. The predicted octanol–water partition coefficient (Wildman–Crippen LogP) is 2.80. The van der Waals surface area contributed by atoms with Crippen molar-refractivity contribution in [2.45, 2.75) is 51.0 Å². The first-order chi connectivity index (χ1) is 16.9. The van der Waals surface area contributed by atoms with Gasteiger partial charge in [-0.3, -0.25) is 9.69 Å². The van der Waals surface area contributed by atoms with Crippen molar-refractivity contribution in [3.05, 3.63) is 59.2 Å². The fraction of sp³-hybridized carbons (Fsp3) is 0.536. The van der Waals surface area contributed by atoms with E-state index < -0.39 is 6.10 Å². The summed E-state index contributed by atoms with van der Waals surface area (Å²) >= 11 is 0. The number of carbonyl (C=O) groups is 1. The van der Waals surface area contributed by atoms with Gasteiger partial charge in [0.2, 0.25) is 0 Å². The van der Waals surface area contributed by atoms with Gasteiger partial charge in [-0.15, -0.1) is 0 Å². The zero-order valence-corrected chi connectivity index (χ0v) is 20.9. The first-order valence-corrected chi connectivity index (χ1v) is 12.9. The molecule has 0 radical (unpaired) electrons. The summed E-state index contributed by atoms with van der Waals surface area (Å²) < 4.78 is 12.3. The molecule has 0 saturated carbocycles. The van der Waals surface area contributed by atoms with Crippen molar-refractivity contribution in [1.82, 2.24) is 14.7 Å². The molecule has 0 spiro atoms. The Morgan fingerprint density at radius 2 is 1.86 bits per heavy atom. The number of carbonyl (C=O) groups excluding carboxylic acids is 1. The van der Waals surface area contributed by atoms with Crippen LogP contribution in [0.15, 0.2) is 42.5 Å². The molecule has 188 valence electrons. The van der Waals surface area contributed by atoms with Gasteiger partial charge in [-0.25, -0.2) is 0 Å². The van der Waals surface area contributed by atoms with Crippen LogP contribution in [0.2, 0.25) is 0 Å². The Morgan fingerprint density at radius 3 is 2.66 bits per heavy atom. The van der Waals surface area contributed by atoms with E-state index in [9.17, 15) is 9.90 Å². The molecular formula is C28H37N3O4. The van der Waals surface area contributed by atoms with Gasteiger partial charge in [-0.05, 0) is 56.5 Å². The smallest absolute Gasteiger partial charge is 0.257 e. The van der Waals surface area contributed by atoms with Gasteiger partial charge in [-0.1, -0.05) is 24.3 Å². The number of fused-ring (bicyclic) bond motifs is 2. The largest absolute Gasteiger partial charge is 0.490 e. The van der Waals surface area contributed by atoms with E-state index in [1.54, 1.807) is 11.0 Å². The molecular weight excluding hydrogens is 442 g/mol. The lowest BCUT2D eigenvalue weighted by atomic mass is 10.00. The number of aliphatic hydroxyl groups is 1. The second-order valence-electron chi connectivity index (χ2n) is 10.3. The molecule has 1 N–H and O–H groups in total. The molecule has 35 heavy (non-hydrogen) atoms. The van der Waals surface area contributed by atoms with Crippen LogP contribution < -0.4 is 9.47 Å². The average molecular weight is 480 g/mol. The maximum atomic E-state index is 13.4. The minimum absolute atomic E-state index is 0.0989. The van der Waals surface area contributed by atoms with Crippen molar-refractivity contribution in [2.24, 2.45) is 0 Å². The number of hydrogen-bond acceptors (Lipinski definition) is 6. The lowest BCUT2D eigenvalue weighted by molar-refractivity contribution is 0.0454. The highest BCUT2D eigenvalue weighted by molar-refractivity contribution is 5.97. The number of nitrogens with zero attached hydrogens (tertiary/aromatic N) is 3. The quantitative estimate of drug-likeness (QED) is 0.688. The zero-order valence-electron chi connectivity index (χ0n) is 20.9. The van der Waals surface area contributed by atoms with Gasteiger partial charge in [0, 0.05) is 45.3 Å². The SMILES string of the molecule is C[C@@H]1CN(CC(O)CN2CCc3ccccc3C2)C(=O)c2ccc(OC3CCN(C)CC3)cc2O1. The van der Waals surface area contributed by atoms with Crippen molar-refractivity contribution in [3.8, 4) is 11.5 Å². The fourth-order valence-electron chi connectivity index (χ4n) is 5.44. The maximum absolute atomic E-state index is 13.4. The molecule has 1 unspecified atom stereocenters. The van der Waals surface area contributed by atoms with Crippen LogP contribution in [0.3, 0.4) is 0 Å². The highest BCUT2D eigenvalue weighted by Crippen LogP contribution is 2.31.